The number of nitrogens with one attached hydrogen (secondary N) is 1. The average molecular weight is 271 g/mol. The predicted molar refractivity (Wildman–Crippen MR) is 73.9 cm³/mol. The van der Waals surface area contributed by atoms with Crippen molar-refractivity contribution in [2.75, 3.05) is 7.11 Å². The monoisotopic (exact) mass is 271 g/mol. The lowest BCUT2D eigenvalue weighted by Gasteiger charge is -2.01. The molecule has 0 saturated carbocycles. The first-order valence-corrected chi connectivity index (χ1v) is 6.13. The molecule has 0 bridgehead atoms. The van der Waals surface area contributed by atoms with E-state index in [0.717, 1.165) is 10.9 Å². The van der Waals surface area contributed by atoms with Gasteiger partial charge in [-0.3, -0.25) is 4.79 Å². The Morgan fingerprint density at radius 1 is 1.40 bits per heavy atom. The van der Waals surface area contributed by atoms with Gasteiger partial charge in [-0.2, -0.15) is 0 Å². The van der Waals surface area contributed by atoms with Crippen LogP contribution in [0.4, 0.5) is 0 Å². The summed E-state index contributed by atoms with van der Waals surface area (Å²) in [6.07, 6.45) is 1.48. The number of benzene rings is 1. The highest BCUT2D eigenvalue weighted by atomic mass is 16.5. The molecule has 0 spiro atoms. The molecule has 102 valence electrons. The number of rotatable bonds is 4. The lowest BCUT2D eigenvalue weighted by molar-refractivity contribution is -0.136. The second-order valence-corrected chi connectivity index (χ2v) is 4.44. The third-order valence-corrected chi connectivity index (χ3v) is 3.21. The largest absolute Gasteiger partial charge is 0.497 e. The number of ether oxygens (including phenoxy) is 1. The van der Waals surface area contributed by atoms with Gasteiger partial charge in [-0.15, -0.1) is 0 Å². The van der Waals surface area contributed by atoms with Gasteiger partial charge in [-0.05, 0) is 35.9 Å². The summed E-state index contributed by atoms with van der Waals surface area (Å²) >= 11 is 0. The molecule has 0 aliphatic heterocycles. The van der Waals surface area contributed by atoms with Crippen LogP contribution in [0, 0.1) is 0 Å². The molecule has 0 fully saturated rings. The standard InChI is InChI=1S/C15H13NO4/c1-19-9-4-5-12-10(7-9)11(8-14(17)18)15(16-12)13-3-2-6-20-13/h2-7,16H,8H2,1H3,(H,17,18). The van der Waals surface area contributed by atoms with E-state index in [1.54, 1.807) is 25.5 Å². The lowest BCUT2D eigenvalue weighted by Crippen LogP contribution is -2.00. The number of aliphatic carboxylic acids is 1. The second-order valence-electron chi connectivity index (χ2n) is 4.44. The summed E-state index contributed by atoms with van der Waals surface area (Å²) in [5.41, 5.74) is 2.25. The number of hydrogen-bond acceptors (Lipinski definition) is 3. The molecule has 0 unspecified atom stereocenters. The maximum absolute atomic E-state index is 11.1. The Morgan fingerprint density at radius 2 is 2.25 bits per heavy atom. The highest BCUT2D eigenvalue weighted by Gasteiger charge is 2.17. The number of hydrogen-bond donors (Lipinski definition) is 2. The third kappa shape index (κ3) is 2.03. The number of furan rings is 1. The summed E-state index contributed by atoms with van der Waals surface area (Å²) in [6.45, 7) is 0. The Labute approximate surface area is 114 Å². The molecular weight excluding hydrogens is 258 g/mol. The Bertz CT molecular complexity index is 756. The number of carboxylic acid groups (broad SMARTS) is 1. The fourth-order valence-corrected chi connectivity index (χ4v) is 2.32. The van der Waals surface area contributed by atoms with E-state index in [4.69, 9.17) is 14.3 Å². The number of H-pyrrole nitrogens is 1. The first-order valence-electron chi connectivity index (χ1n) is 6.13. The average Bonchev–Trinajstić information content (AvgIpc) is 3.05. The van der Waals surface area contributed by atoms with Crippen molar-refractivity contribution in [1.82, 2.24) is 4.98 Å². The van der Waals surface area contributed by atoms with E-state index in [9.17, 15) is 4.79 Å². The van der Waals surface area contributed by atoms with Gasteiger partial charge in [0.15, 0.2) is 0 Å². The molecule has 2 heterocycles. The Balaban J connectivity index is 2.25. The molecular formula is C15H13NO4. The van der Waals surface area contributed by atoms with Crippen LogP contribution in [-0.2, 0) is 11.2 Å². The van der Waals surface area contributed by atoms with Gasteiger partial charge in [0.1, 0.15) is 11.5 Å². The topological polar surface area (TPSA) is 75.5 Å². The predicted octanol–water partition coefficient (Wildman–Crippen LogP) is 3.06. The molecule has 3 rings (SSSR count). The van der Waals surface area contributed by atoms with E-state index in [1.165, 1.54) is 0 Å². The van der Waals surface area contributed by atoms with E-state index >= 15 is 0 Å². The van der Waals surface area contributed by atoms with Crippen LogP contribution in [0.3, 0.4) is 0 Å². The molecule has 5 nitrogen and oxygen atoms in total. The SMILES string of the molecule is COc1ccc2[nH]c(-c3ccco3)c(CC(=O)O)c2c1. The maximum atomic E-state index is 11.1. The van der Waals surface area contributed by atoms with Crippen molar-refractivity contribution < 1.29 is 19.1 Å². The minimum Gasteiger partial charge on any atom is -0.497 e. The van der Waals surface area contributed by atoms with Gasteiger partial charge >= 0.3 is 5.97 Å². The zero-order valence-corrected chi connectivity index (χ0v) is 10.8. The molecule has 0 atom stereocenters. The van der Waals surface area contributed by atoms with E-state index < -0.39 is 5.97 Å². The summed E-state index contributed by atoms with van der Waals surface area (Å²) < 4.78 is 10.6. The van der Waals surface area contributed by atoms with Gasteiger partial charge in [-0.1, -0.05) is 0 Å². The zero-order valence-electron chi connectivity index (χ0n) is 10.8. The van der Waals surface area contributed by atoms with Crippen LogP contribution in [0.2, 0.25) is 0 Å². The lowest BCUT2D eigenvalue weighted by atomic mass is 10.1. The molecule has 0 aliphatic carbocycles. The van der Waals surface area contributed by atoms with Crippen molar-refractivity contribution in [3.05, 3.63) is 42.2 Å². The van der Waals surface area contributed by atoms with Crippen molar-refractivity contribution in [2.24, 2.45) is 0 Å². The normalized spacial score (nSPS) is 10.8. The smallest absolute Gasteiger partial charge is 0.307 e. The van der Waals surface area contributed by atoms with Crippen molar-refractivity contribution in [3.8, 4) is 17.2 Å². The number of aromatic amines is 1. The summed E-state index contributed by atoms with van der Waals surface area (Å²) in [5.74, 6) is 0.423. The van der Waals surface area contributed by atoms with Gasteiger partial charge in [0.05, 0.1) is 25.5 Å². The van der Waals surface area contributed by atoms with Gasteiger partial charge < -0.3 is 19.2 Å². The minimum absolute atomic E-state index is 0.0802. The maximum Gasteiger partial charge on any atom is 0.307 e. The van der Waals surface area contributed by atoms with Crippen LogP contribution in [0.25, 0.3) is 22.4 Å². The summed E-state index contributed by atoms with van der Waals surface area (Å²) in [7, 11) is 1.58. The van der Waals surface area contributed by atoms with Gasteiger partial charge in [0, 0.05) is 10.9 Å². The number of fused-ring (bicyclic) bond motifs is 1. The Morgan fingerprint density at radius 3 is 2.90 bits per heavy atom. The Hall–Kier alpha value is -2.69. The minimum atomic E-state index is -0.887. The molecule has 0 aliphatic rings. The molecule has 3 aromatic rings. The zero-order chi connectivity index (χ0) is 14.1. The summed E-state index contributed by atoms with van der Waals surface area (Å²) in [6, 6.07) is 9.09. The van der Waals surface area contributed by atoms with Crippen molar-refractivity contribution in [1.29, 1.82) is 0 Å². The number of aromatic nitrogens is 1. The molecule has 20 heavy (non-hydrogen) atoms. The highest BCUT2D eigenvalue weighted by Crippen LogP contribution is 2.33. The third-order valence-electron chi connectivity index (χ3n) is 3.21. The fourth-order valence-electron chi connectivity index (χ4n) is 2.32. The first-order chi connectivity index (χ1) is 9.69. The molecule has 0 saturated heterocycles. The quantitative estimate of drug-likeness (QED) is 0.764. The van der Waals surface area contributed by atoms with Crippen molar-refractivity contribution in [3.63, 3.8) is 0 Å². The number of methoxy groups -OCH3 is 1. The molecule has 5 heteroatoms. The van der Waals surface area contributed by atoms with Gasteiger partial charge in [0.2, 0.25) is 0 Å². The fraction of sp³-hybridized carbons (Fsp3) is 0.133. The summed E-state index contributed by atoms with van der Waals surface area (Å²) in [4.78, 5) is 14.3. The van der Waals surface area contributed by atoms with E-state index in [0.29, 0.717) is 22.8 Å². The van der Waals surface area contributed by atoms with Crippen LogP contribution in [-0.4, -0.2) is 23.2 Å². The molecule has 0 amide bonds. The number of carbonyl (C=O) groups is 1. The van der Waals surface area contributed by atoms with E-state index in [-0.39, 0.29) is 6.42 Å². The number of carboxylic acids is 1. The van der Waals surface area contributed by atoms with Crippen LogP contribution in [0.1, 0.15) is 5.56 Å². The molecule has 2 aromatic heterocycles. The van der Waals surface area contributed by atoms with Gasteiger partial charge in [0.25, 0.3) is 0 Å². The van der Waals surface area contributed by atoms with Crippen LogP contribution >= 0.6 is 0 Å². The van der Waals surface area contributed by atoms with Crippen LogP contribution < -0.4 is 4.74 Å². The molecule has 0 radical (unpaired) electrons. The van der Waals surface area contributed by atoms with Crippen LogP contribution in [0.15, 0.2) is 41.0 Å². The highest BCUT2D eigenvalue weighted by molar-refractivity contribution is 5.94. The van der Waals surface area contributed by atoms with E-state index in [1.807, 2.05) is 18.2 Å². The second kappa shape index (κ2) is 4.77. The Kier molecular flexibility index (Phi) is 2.95. The summed E-state index contributed by atoms with van der Waals surface area (Å²) in [5, 5.41) is 9.95. The van der Waals surface area contributed by atoms with Crippen molar-refractivity contribution >= 4 is 16.9 Å². The van der Waals surface area contributed by atoms with Crippen molar-refractivity contribution in [2.45, 2.75) is 6.42 Å². The molecule has 1 aromatic carbocycles. The van der Waals surface area contributed by atoms with E-state index in [2.05, 4.69) is 4.98 Å². The van der Waals surface area contributed by atoms with Gasteiger partial charge in [-0.25, -0.2) is 0 Å². The van der Waals surface area contributed by atoms with Crippen LogP contribution in [0.5, 0.6) is 5.75 Å². The first kappa shape index (κ1) is 12.3. The molecule has 2 N–H and O–H groups in total.